The first-order valence-electron chi connectivity index (χ1n) is 3.89. The van der Waals surface area contributed by atoms with E-state index in [-0.39, 0.29) is 5.88 Å². The molecular formula is C6H9NO7P2. The Morgan fingerprint density at radius 2 is 1.69 bits per heavy atom. The summed E-state index contributed by atoms with van der Waals surface area (Å²) >= 11 is 0. The molecule has 1 aromatic rings. The van der Waals surface area contributed by atoms with E-state index in [1.807, 2.05) is 0 Å². The van der Waals surface area contributed by atoms with Crippen molar-refractivity contribution in [1.29, 1.82) is 0 Å². The fourth-order valence-corrected chi connectivity index (χ4v) is 2.92. The Morgan fingerprint density at radius 3 is 2.06 bits per heavy atom. The lowest BCUT2D eigenvalue weighted by molar-refractivity contribution is 0.230. The molecule has 1 aromatic heterocycles. The molecule has 8 nitrogen and oxygen atoms in total. The molecule has 0 saturated heterocycles. The summed E-state index contributed by atoms with van der Waals surface area (Å²) in [5.74, 6) is -0.279. The number of hydrogen-bond donors (Lipinski definition) is 4. The van der Waals surface area contributed by atoms with Gasteiger partial charge in [0.15, 0.2) is 0 Å². The van der Waals surface area contributed by atoms with Gasteiger partial charge in [-0.1, -0.05) is 6.07 Å². The summed E-state index contributed by atoms with van der Waals surface area (Å²) in [5, 5.41) is 0. The molecule has 0 saturated carbocycles. The van der Waals surface area contributed by atoms with Crippen molar-refractivity contribution < 1.29 is 33.4 Å². The molecule has 0 radical (unpaired) electrons. The molecule has 0 aliphatic heterocycles. The van der Waals surface area contributed by atoms with E-state index >= 15 is 0 Å². The van der Waals surface area contributed by atoms with Crippen LogP contribution in [0.4, 0.5) is 0 Å². The minimum atomic E-state index is -5.09. The van der Waals surface area contributed by atoms with Gasteiger partial charge in [0.2, 0.25) is 5.88 Å². The number of ether oxygens (including phenoxy) is 1. The average Bonchev–Trinajstić information content (AvgIpc) is 2.12. The first kappa shape index (κ1) is 13.3. The van der Waals surface area contributed by atoms with Crippen LogP contribution in [-0.2, 0) is 9.13 Å². The number of pyridine rings is 1. The molecule has 0 fully saturated rings. The van der Waals surface area contributed by atoms with Crippen molar-refractivity contribution in [2.75, 3.05) is 0 Å². The van der Waals surface area contributed by atoms with Crippen molar-refractivity contribution in [3.8, 4) is 5.88 Å². The zero-order chi connectivity index (χ0) is 12.4. The van der Waals surface area contributed by atoms with Gasteiger partial charge in [0.05, 0.1) is 0 Å². The van der Waals surface area contributed by atoms with E-state index in [1.165, 1.54) is 24.4 Å². The van der Waals surface area contributed by atoms with E-state index in [2.05, 4.69) is 9.72 Å². The van der Waals surface area contributed by atoms with Crippen molar-refractivity contribution in [2.45, 2.75) is 5.59 Å². The van der Waals surface area contributed by atoms with Crippen LogP contribution in [0.25, 0.3) is 0 Å². The molecule has 0 aliphatic carbocycles. The highest BCUT2D eigenvalue weighted by molar-refractivity contribution is 7.70. The normalized spacial score (nSPS) is 12.8. The smallest absolute Gasteiger partial charge is 0.378 e. The van der Waals surface area contributed by atoms with E-state index in [4.69, 9.17) is 19.6 Å². The lowest BCUT2D eigenvalue weighted by Gasteiger charge is -2.19. The van der Waals surface area contributed by atoms with Gasteiger partial charge in [-0.3, -0.25) is 9.13 Å². The molecule has 90 valence electrons. The van der Waals surface area contributed by atoms with E-state index < -0.39 is 20.8 Å². The van der Waals surface area contributed by atoms with Crippen LogP contribution in [0.3, 0.4) is 0 Å². The fourth-order valence-electron chi connectivity index (χ4n) is 0.858. The van der Waals surface area contributed by atoms with Crippen LogP contribution in [0.15, 0.2) is 24.4 Å². The van der Waals surface area contributed by atoms with Crippen LogP contribution in [0, 0.1) is 0 Å². The van der Waals surface area contributed by atoms with Gasteiger partial charge in [0.25, 0.3) is 5.59 Å². The van der Waals surface area contributed by atoms with E-state index in [0.29, 0.717) is 0 Å². The summed E-state index contributed by atoms with van der Waals surface area (Å²) in [6.07, 6.45) is 1.26. The molecule has 4 N–H and O–H groups in total. The number of rotatable bonds is 4. The van der Waals surface area contributed by atoms with E-state index in [0.717, 1.165) is 0 Å². The maximum Gasteiger partial charge on any atom is 0.378 e. The third kappa shape index (κ3) is 3.68. The van der Waals surface area contributed by atoms with E-state index in [9.17, 15) is 9.13 Å². The highest BCUT2D eigenvalue weighted by Crippen LogP contribution is 2.59. The Labute approximate surface area is 90.2 Å². The molecule has 1 rings (SSSR count). The second kappa shape index (κ2) is 4.63. The number of aromatic nitrogens is 1. The van der Waals surface area contributed by atoms with Crippen LogP contribution in [0.2, 0.25) is 0 Å². The molecule has 1 heterocycles. The predicted molar refractivity (Wildman–Crippen MR) is 52.7 cm³/mol. The van der Waals surface area contributed by atoms with E-state index in [1.54, 1.807) is 0 Å². The fraction of sp³-hybridized carbons (Fsp3) is 0.167. The molecule has 0 bridgehead atoms. The van der Waals surface area contributed by atoms with Gasteiger partial charge in [-0.2, -0.15) is 0 Å². The summed E-state index contributed by atoms with van der Waals surface area (Å²) in [6.45, 7) is 0. The second-order valence-corrected chi connectivity index (χ2v) is 6.49. The molecule has 0 aromatic carbocycles. The monoisotopic (exact) mass is 269 g/mol. The second-order valence-electron chi connectivity index (χ2n) is 2.79. The number of hydrogen-bond acceptors (Lipinski definition) is 4. The van der Waals surface area contributed by atoms with Crippen LogP contribution in [-0.4, -0.2) is 30.1 Å². The van der Waals surface area contributed by atoms with Crippen molar-refractivity contribution in [3.05, 3.63) is 24.4 Å². The molecule has 0 spiro atoms. The van der Waals surface area contributed by atoms with Gasteiger partial charge in [0, 0.05) is 12.3 Å². The summed E-state index contributed by atoms with van der Waals surface area (Å²) in [6, 6.07) is 4.17. The van der Waals surface area contributed by atoms with Crippen molar-refractivity contribution in [3.63, 3.8) is 0 Å². The Balaban J connectivity index is 2.99. The molecule has 0 amide bonds. The minimum absolute atomic E-state index is 0.279. The molecule has 10 heteroatoms. The largest absolute Gasteiger partial charge is 0.448 e. The maximum atomic E-state index is 10.8. The molecular weight excluding hydrogens is 260 g/mol. The first-order chi connectivity index (χ1) is 7.21. The maximum absolute atomic E-state index is 10.8. The number of nitrogens with zero attached hydrogens (tertiary/aromatic N) is 1. The minimum Gasteiger partial charge on any atom is -0.448 e. The standard InChI is InChI=1S/C6H9NO7P2/c8-15(9,10)6(16(11,12)13)14-5-3-1-2-4-7-5/h1-4,6H,(H2,8,9,10)(H2,11,12,13). The van der Waals surface area contributed by atoms with Crippen LogP contribution in [0.5, 0.6) is 5.88 Å². The van der Waals surface area contributed by atoms with Crippen LogP contribution in [0.1, 0.15) is 0 Å². The molecule has 0 aliphatic rings. The van der Waals surface area contributed by atoms with Crippen LogP contribution >= 0.6 is 15.2 Å². The van der Waals surface area contributed by atoms with Crippen LogP contribution < -0.4 is 4.74 Å². The molecule has 0 atom stereocenters. The summed E-state index contributed by atoms with van der Waals surface area (Å²) in [5.41, 5.74) is -2.53. The van der Waals surface area contributed by atoms with Gasteiger partial charge in [-0.15, -0.1) is 0 Å². The Morgan fingerprint density at radius 1 is 1.12 bits per heavy atom. The van der Waals surface area contributed by atoms with Gasteiger partial charge < -0.3 is 24.3 Å². The topological polar surface area (TPSA) is 137 Å². The third-order valence-electron chi connectivity index (χ3n) is 1.44. The predicted octanol–water partition coefficient (Wildman–Crippen LogP) is 0.0994. The average molecular weight is 269 g/mol. The Bertz CT molecular complexity index is 415. The van der Waals surface area contributed by atoms with Crippen molar-refractivity contribution >= 4 is 15.2 Å². The summed E-state index contributed by atoms with van der Waals surface area (Å²) < 4.78 is 26.2. The molecule has 0 unspecified atom stereocenters. The zero-order valence-corrected chi connectivity index (χ0v) is 9.53. The molecule has 16 heavy (non-hydrogen) atoms. The highest BCUT2D eigenvalue weighted by atomic mass is 31.2. The Hall–Kier alpha value is -0.750. The lowest BCUT2D eigenvalue weighted by atomic mass is 10.5. The third-order valence-corrected chi connectivity index (χ3v) is 4.61. The first-order valence-corrected chi connectivity index (χ1v) is 7.25. The Kier molecular flexibility index (Phi) is 3.85. The highest BCUT2D eigenvalue weighted by Gasteiger charge is 2.46. The van der Waals surface area contributed by atoms with Gasteiger partial charge in [0.1, 0.15) is 0 Å². The lowest BCUT2D eigenvalue weighted by Crippen LogP contribution is -2.17. The summed E-state index contributed by atoms with van der Waals surface area (Å²) in [4.78, 5) is 38.5. The quantitative estimate of drug-likeness (QED) is 0.564. The van der Waals surface area contributed by atoms with Crippen molar-refractivity contribution in [1.82, 2.24) is 4.98 Å². The van der Waals surface area contributed by atoms with Gasteiger partial charge in [-0.25, -0.2) is 4.98 Å². The zero-order valence-electron chi connectivity index (χ0n) is 7.74. The van der Waals surface area contributed by atoms with Gasteiger partial charge in [-0.05, 0) is 6.07 Å². The SMILES string of the molecule is O=P(O)(O)C(Oc1ccccn1)P(=O)(O)O. The summed E-state index contributed by atoms with van der Waals surface area (Å²) in [7, 11) is -10.2. The van der Waals surface area contributed by atoms with Gasteiger partial charge >= 0.3 is 15.2 Å². The van der Waals surface area contributed by atoms with Crippen molar-refractivity contribution in [2.24, 2.45) is 0 Å².